The lowest BCUT2D eigenvalue weighted by atomic mass is 10.1. The first-order valence-electron chi connectivity index (χ1n) is 6.05. The zero-order valence-electron chi connectivity index (χ0n) is 11.2. The van der Waals surface area contributed by atoms with Gasteiger partial charge < -0.3 is 4.18 Å². The van der Waals surface area contributed by atoms with Crippen molar-refractivity contribution in [3.8, 4) is 5.88 Å². The summed E-state index contributed by atoms with van der Waals surface area (Å²) in [6.07, 6.45) is 0.802. The van der Waals surface area contributed by atoms with E-state index in [1.807, 2.05) is 13.0 Å². The molecule has 2 rings (SSSR count). The molecule has 114 valence electrons. The van der Waals surface area contributed by atoms with E-state index in [2.05, 4.69) is 9.17 Å². The molecule has 0 bridgehead atoms. The molecule has 0 aliphatic rings. The Kier molecular flexibility index (Phi) is 3.83. The fourth-order valence-corrected chi connectivity index (χ4v) is 2.24. The van der Waals surface area contributed by atoms with Gasteiger partial charge in [-0.15, -0.1) is 0 Å². The summed E-state index contributed by atoms with van der Waals surface area (Å²) < 4.78 is 62.9. The molecule has 8 heteroatoms. The van der Waals surface area contributed by atoms with Crippen molar-refractivity contribution in [2.75, 3.05) is 0 Å². The molecule has 4 nitrogen and oxygen atoms in total. The Morgan fingerprint density at radius 1 is 1.24 bits per heavy atom. The molecule has 0 amide bonds. The largest absolute Gasteiger partial charge is 0.534 e. The molecule has 0 saturated heterocycles. The summed E-state index contributed by atoms with van der Waals surface area (Å²) >= 11 is 0. The van der Waals surface area contributed by atoms with Crippen LogP contribution in [-0.2, 0) is 16.5 Å². The van der Waals surface area contributed by atoms with Gasteiger partial charge in [0, 0.05) is 11.5 Å². The molecule has 21 heavy (non-hydrogen) atoms. The van der Waals surface area contributed by atoms with E-state index >= 15 is 0 Å². The third-order valence-electron chi connectivity index (χ3n) is 2.94. The van der Waals surface area contributed by atoms with Gasteiger partial charge >= 0.3 is 15.6 Å². The summed E-state index contributed by atoms with van der Waals surface area (Å²) in [5, 5.41) is 0.742. The van der Waals surface area contributed by atoms with Crippen LogP contribution in [0.1, 0.15) is 18.1 Å². The number of fused-ring (bicyclic) bond motifs is 1. The van der Waals surface area contributed by atoms with Crippen LogP contribution >= 0.6 is 0 Å². The van der Waals surface area contributed by atoms with Gasteiger partial charge in [-0.3, -0.25) is 0 Å². The first kappa shape index (κ1) is 15.6. The lowest BCUT2D eigenvalue weighted by Crippen LogP contribution is -2.28. The molecule has 0 unspecified atom stereocenters. The minimum Gasteiger partial charge on any atom is -0.355 e. The second-order valence-electron chi connectivity index (χ2n) is 4.47. The van der Waals surface area contributed by atoms with Gasteiger partial charge in [-0.05, 0) is 36.6 Å². The van der Waals surface area contributed by atoms with E-state index in [1.165, 1.54) is 6.07 Å². The van der Waals surface area contributed by atoms with Crippen LogP contribution < -0.4 is 4.18 Å². The van der Waals surface area contributed by atoms with E-state index in [-0.39, 0.29) is 0 Å². The summed E-state index contributed by atoms with van der Waals surface area (Å²) in [6, 6.07) is 6.43. The van der Waals surface area contributed by atoms with Gasteiger partial charge in [-0.1, -0.05) is 13.0 Å². The Morgan fingerprint density at radius 3 is 2.48 bits per heavy atom. The highest BCUT2D eigenvalue weighted by atomic mass is 32.2. The molecule has 2 aromatic rings. The van der Waals surface area contributed by atoms with Crippen molar-refractivity contribution in [3.05, 3.63) is 35.4 Å². The Hall–Kier alpha value is -1.83. The van der Waals surface area contributed by atoms with Crippen LogP contribution in [0, 0.1) is 6.92 Å². The average molecular weight is 319 g/mol. The SMILES string of the molecule is CCc1ccc2nc(OS(=O)(=O)C(F)(F)F)cc(C)c2c1. The van der Waals surface area contributed by atoms with Crippen LogP contribution in [0.15, 0.2) is 24.3 Å². The Bertz CT molecular complexity index is 785. The smallest absolute Gasteiger partial charge is 0.355 e. The number of hydrogen-bond acceptors (Lipinski definition) is 4. The standard InChI is InChI=1S/C13H12F3NO3S/c1-3-9-4-5-11-10(7-9)8(2)6-12(17-11)20-21(18,19)13(14,15)16/h4-7H,3H2,1-2H3. The van der Waals surface area contributed by atoms with Crippen molar-refractivity contribution in [3.63, 3.8) is 0 Å². The van der Waals surface area contributed by atoms with E-state index in [4.69, 9.17) is 0 Å². The van der Waals surface area contributed by atoms with Crippen LogP contribution in [0.25, 0.3) is 10.9 Å². The van der Waals surface area contributed by atoms with Gasteiger partial charge in [-0.25, -0.2) is 4.98 Å². The molecule has 0 radical (unpaired) electrons. The maximum Gasteiger partial charge on any atom is 0.534 e. The zero-order valence-corrected chi connectivity index (χ0v) is 12.0. The number of alkyl halides is 3. The van der Waals surface area contributed by atoms with Crippen molar-refractivity contribution in [1.82, 2.24) is 4.98 Å². The predicted molar refractivity (Wildman–Crippen MR) is 71.5 cm³/mol. The highest BCUT2D eigenvalue weighted by Gasteiger charge is 2.48. The fourth-order valence-electron chi connectivity index (χ4n) is 1.83. The maximum atomic E-state index is 12.3. The maximum absolute atomic E-state index is 12.3. The highest BCUT2D eigenvalue weighted by Crippen LogP contribution is 2.28. The molecular formula is C13H12F3NO3S. The number of rotatable bonds is 3. The summed E-state index contributed by atoms with van der Waals surface area (Å²) in [5.74, 6) is -0.596. The molecule has 0 saturated carbocycles. The van der Waals surface area contributed by atoms with Crippen molar-refractivity contribution in [2.24, 2.45) is 0 Å². The minimum atomic E-state index is -5.71. The third kappa shape index (κ3) is 3.10. The van der Waals surface area contributed by atoms with Crippen molar-refractivity contribution < 1.29 is 25.8 Å². The van der Waals surface area contributed by atoms with E-state index in [0.717, 1.165) is 17.4 Å². The van der Waals surface area contributed by atoms with Crippen LogP contribution in [0.2, 0.25) is 0 Å². The molecular weight excluding hydrogens is 307 g/mol. The molecule has 1 heterocycles. The number of pyridine rings is 1. The van der Waals surface area contributed by atoms with E-state index in [9.17, 15) is 21.6 Å². The molecule has 1 aromatic heterocycles. The lowest BCUT2D eigenvalue weighted by Gasteiger charge is -2.11. The van der Waals surface area contributed by atoms with E-state index in [0.29, 0.717) is 11.1 Å². The van der Waals surface area contributed by atoms with E-state index < -0.39 is 21.5 Å². The topological polar surface area (TPSA) is 56.3 Å². The second-order valence-corrected chi connectivity index (χ2v) is 6.00. The van der Waals surface area contributed by atoms with Gasteiger partial charge in [-0.2, -0.15) is 21.6 Å². The first-order valence-corrected chi connectivity index (χ1v) is 7.46. The summed E-state index contributed by atoms with van der Waals surface area (Å²) in [7, 11) is -5.71. The third-order valence-corrected chi connectivity index (χ3v) is 3.90. The van der Waals surface area contributed by atoms with Gasteiger partial charge in [0.1, 0.15) is 0 Å². The Morgan fingerprint density at radius 2 is 1.90 bits per heavy atom. The van der Waals surface area contributed by atoms with E-state index in [1.54, 1.807) is 19.1 Å². The second kappa shape index (κ2) is 5.18. The summed E-state index contributed by atoms with van der Waals surface area (Å²) in [4.78, 5) is 3.81. The number of aromatic nitrogens is 1. The zero-order chi connectivity index (χ0) is 15.8. The van der Waals surface area contributed by atoms with Crippen molar-refractivity contribution >= 4 is 21.0 Å². The monoisotopic (exact) mass is 319 g/mol. The van der Waals surface area contributed by atoms with Crippen LogP contribution in [0.5, 0.6) is 5.88 Å². The van der Waals surface area contributed by atoms with Crippen LogP contribution in [0.4, 0.5) is 13.2 Å². The number of aryl methyl sites for hydroxylation is 2. The number of halogens is 3. The molecule has 0 fully saturated rings. The molecule has 0 atom stereocenters. The summed E-state index contributed by atoms with van der Waals surface area (Å²) in [6.45, 7) is 3.62. The first-order chi connectivity index (χ1) is 9.64. The number of hydrogen-bond donors (Lipinski definition) is 0. The van der Waals surface area contributed by atoms with Gasteiger partial charge in [0.15, 0.2) is 0 Å². The Balaban J connectivity index is 2.49. The number of benzene rings is 1. The van der Waals surface area contributed by atoms with Crippen molar-refractivity contribution in [1.29, 1.82) is 0 Å². The molecule has 0 N–H and O–H groups in total. The Labute approximate surface area is 119 Å². The minimum absolute atomic E-state index is 0.375. The van der Waals surface area contributed by atoms with Gasteiger partial charge in [0.05, 0.1) is 5.52 Å². The fraction of sp³-hybridized carbons (Fsp3) is 0.308. The van der Waals surface area contributed by atoms with Crippen molar-refractivity contribution in [2.45, 2.75) is 25.8 Å². The highest BCUT2D eigenvalue weighted by molar-refractivity contribution is 7.87. The van der Waals surface area contributed by atoms with Gasteiger partial charge in [0.2, 0.25) is 5.88 Å². The van der Waals surface area contributed by atoms with Crippen LogP contribution in [-0.4, -0.2) is 18.9 Å². The quantitative estimate of drug-likeness (QED) is 0.643. The summed E-state index contributed by atoms with van der Waals surface area (Å²) in [5.41, 5.74) is -3.48. The molecule has 1 aromatic carbocycles. The molecule has 0 aliphatic carbocycles. The average Bonchev–Trinajstić information content (AvgIpc) is 2.36. The molecule has 0 aliphatic heterocycles. The van der Waals surface area contributed by atoms with Gasteiger partial charge in [0.25, 0.3) is 0 Å². The lowest BCUT2D eigenvalue weighted by molar-refractivity contribution is -0.0501. The van der Waals surface area contributed by atoms with Crippen LogP contribution in [0.3, 0.4) is 0 Å². The normalized spacial score (nSPS) is 12.6. The number of nitrogens with zero attached hydrogens (tertiary/aromatic N) is 1. The molecule has 0 spiro atoms. The predicted octanol–water partition coefficient (Wildman–Crippen LogP) is 3.33.